The van der Waals surface area contributed by atoms with Crippen LogP contribution in [0.25, 0.3) is 0 Å². The highest BCUT2D eigenvalue weighted by Crippen LogP contribution is 2.14. The first-order chi connectivity index (χ1) is 31.6. The van der Waals surface area contributed by atoms with Crippen LogP contribution in [0.3, 0.4) is 0 Å². The maximum atomic E-state index is 14.0. The van der Waals surface area contributed by atoms with E-state index in [0.717, 1.165) is 6.92 Å². The largest absolute Gasteiger partial charge is 0.481 e. The summed E-state index contributed by atoms with van der Waals surface area (Å²) in [5, 5.41) is 38.1. The summed E-state index contributed by atoms with van der Waals surface area (Å²) in [4.78, 5) is 155. The first-order valence-electron chi connectivity index (χ1n) is 22.7. The molecule has 16 N–H and O–H groups in total. The van der Waals surface area contributed by atoms with E-state index in [1.807, 2.05) is 13.8 Å². The molecule has 0 saturated carbocycles. The lowest BCUT2D eigenvalue weighted by molar-refractivity contribution is -0.141. The van der Waals surface area contributed by atoms with Gasteiger partial charge in [0.1, 0.15) is 48.3 Å². The molecule has 68 heavy (non-hydrogen) atoms. The molecule has 10 amide bonds. The van der Waals surface area contributed by atoms with Gasteiger partial charge in [-0.2, -0.15) is 0 Å². The van der Waals surface area contributed by atoms with Crippen LogP contribution in [-0.4, -0.2) is 136 Å². The van der Waals surface area contributed by atoms with E-state index in [9.17, 15) is 67.7 Å². The highest BCUT2D eigenvalue weighted by atomic mass is 16.4. The monoisotopic (exact) mass is 970 g/mol. The van der Waals surface area contributed by atoms with Gasteiger partial charge in [-0.15, -0.1) is 0 Å². The van der Waals surface area contributed by atoms with Gasteiger partial charge >= 0.3 is 11.9 Å². The highest BCUT2D eigenvalue weighted by Gasteiger charge is 2.37. The van der Waals surface area contributed by atoms with Crippen LogP contribution in [0, 0.1) is 23.7 Å². The Bertz CT molecular complexity index is 1780. The number of carboxylic acid groups (broad SMARTS) is 2. The molecular formula is C43H75N11O14. The van der Waals surface area contributed by atoms with Crippen LogP contribution < -0.4 is 59.7 Å². The number of carboxylic acids is 2. The Labute approximate surface area is 396 Å². The first-order valence-corrected chi connectivity index (χ1v) is 22.7. The zero-order valence-electron chi connectivity index (χ0n) is 40.5. The third-order valence-electron chi connectivity index (χ3n) is 10.6. The van der Waals surface area contributed by atoms with Crippen LogP contribution in [-0.2, 0) is 57.5 Å². The van der Waals surface area contributed by atoms with Gasteiger partial charge in [-0.1, -0.05) is 61.8 Å². The summed E-state index contributed by atoms with van der Waals surface area (Å²) in [5.74, 6) is -13.9. The van der Waals surface area contributed by atoms with Crippen LogP contribution in [0.1, 0.15) is 120 Å². The number of nitrogens with two attached hydrogens (primary N) is 3. The molecule has 0 aliphatic heterocycles. The third-order valence-corrected chi connectivity index (χ3v) is 10.6. The smallest absolute Gasteiger partial charge is 0.305 e. The molecule has 0 rings (SSSR count). The van der Waals surface area contributed by atoms with Gasteiger partial charge in [0.15, 0.2) is 0 Å². The molecule has 0 saturated heterocycles. The maximum Gasteiger partial charge on any atom is 0.305 e. The minimum absolute atomic E-state index is 0.00215. The summed E-state index contributed by atoms with van der Waals surface area (Å²) >= 11 is 0. The summed E-state index contributed by atoms with van der Waals surface area (Å²) in [5.41, 5.74) is 16.6. The van der Waals surface area contributed by atoms with Gasteiger partial charge in [-0.3, -0.25) is 57.5 Å². The second-order valence-corrected chi connectivity index (χ2v) is 17.8. The molecule has 0 aliphatic rings. The molecule has 25 heteroatoms. The van der Waals surface area contributed by atoms with Gasteiger partial charge < -0.3 is 69.9 Å². The summed E-state index contributed by atoms with van der Waals surface area (Å²) < 4.78 is 0. The van der Waals surface area contributed by atoms with E-state index >= 15 is 0 Å². The number of nitrogens with one attached hydrogen (secondary N) is 8. The van der Waals surface area contributed by atoms with Crippen molar-refractivity contribution in [3.8, 4) is 0 Å². The topological polar surface area (TPSA) is 420 Å². The number of aliphatic carboxylic acids is 2. The molecule has 0 aromatic rings. The van der Waals surface area contributed by atoms with E-state index in [0.29, 0.717) is 12.8 Å². The molecule has 386 valence electrons. The fraction of sp³-hybridized carbons (Fsp3) is 0.721. The lowest BCUT2D eigenvalue weighted by Gasteiger charge is -2.30. The Morgan fingerprint density at radius 1 is 0.485 bits per heavy atom. The van der Waals surface area contributed by atoms with E-state index in [1.165, 1.54) is 13.8 Å². The Hall–Kier alpha value is -6.40. The summed E-state index contributed by atoms with van der Waals surface area (Å²) in [6.45, 7) is 14.6. The molecule has 9 atom stereocenters. The molecule has 0 radical (unpaired) electrons. The van der Waals surface area contributed by atoms with Crippen molar-refractivity contribution in [1.29, 1.82) is 0 Å². The molecule has 0 bridgehead atoms. The molecule has 0 heterocycles. The van der Waals surface area contributed by atoms with Crippen molar-refractivity contribution < 1.29 is 67.7 Å². The molecule has 0 fully saturated rings. The fourth-order valence-corrected chi connectivity index (χ4v) is 6.65. The van der Waals surface area contributed by atoms with Crippen molar-refractivity contribution in [3.63, 3.8) is 0 Å². The van der Waals surface area contributed by atoms with Crippen molar-refractivity contribution in [2.75, 3.05) is 6.54 Å². The predicted octanol–water partition coefficient (Wildman–Crippen LogP) is -2.88. The summed E-state index contributed by atoms with van der Waals surface area (Å²) in [6, 6.07) is -11.4. The van der Waals surface area contributed by atoms with Gasteiger partial charge in [0.25, 0.3) is 0 Å². The van der Waals surface area contributed by atoms with Gasteiger partial charge in [0.05, 0.1) is 12.8 Å². The highest BCUT2D eigenvalue weighted by molar-refractivity contribution is 5.99. The Morgan fingerprint density at radius 2 is 0.897 bits per heavy atom. The number of carbonyl (C=O) groups excluding carboxylic acids is 10. The number of rotatable bonds is 33. The minimum Gasteiger partial charge on any atom is -0.481 e. The van der Waals surface area contributed by atoms with Gasteiger partial charge in [-0.05, 0) is 62.3 Å². The molecule has 0 aromatic carbocycles. The van der Waals surface area contributed by atoms with Crippen LogP contribution in [0.15, 0.2) is 0 Å². The number of unbranched alkanes of at least 4 members (excludes halogenated alkanes) is 1. The minimum atomic E-state index is -1.70. The van der Waals surface area contributed by atoms with Crippen LogP contribution in [0.4, 0.5) is 0 Å². The molecule has 0 spiro atoms. The quantitative estimate of drug-likeness (QED) is 0.0294. The fourth-order valence-electron chi connectivity index (χ4n) is 6.65. The Kier molecular flexibility index (Phi) is 27.9. The zero-order chi connectivity index (χ0) is 52.6. The zero-order valence-corrected chi connectivity index (χ0v) is 40.5. The van der Waals surface area contributed by atoms with Crippen molar-refractivity contribution in [1.82, 2.24) is 42.5 Å². The lowest BCUT2D eigenvalue weighted by Crippen LogP contribution is -2.62. The summed E-state index contributed by atoms with van der Waals surface area (Å²) in [6.07, 6.45) is -1.54. The molecular weight excluding hydrogens is 895 g/mol. The average molecular weight is 970 g/mol. The van der Waals surface area contributed by atoms with Crippen molar-refractivity contribution in [2.45, 2.75) is 168 Å². The average Bonchev–Trinajstić information content (AvgIpc) is 3.22. The third kappa shape index (κ3) is 23.4. The number of hydrogen-bond acceptors (Lipinski definition) is 13. The Balaban J connectivity index is 6.61. The second-order valence-electron chi connectivity index (χ2n) is 17.8. The van der Waals surface area contributed by atoms with Crippen molar-refractivity contribution in [3.05, 3.63) is 0 Å². The van der Waals surface area contributed by atoms with Crippen LogP contribution >= 0.6 is 0 Å². The van der Waals surface area contributed by atoms with E-state index in [4.69, 9.17) is 17.2 Å². The number of hydrogen-bond donors (Lipinski definition) is 13. The standard InChI is InChI=1S/C43H75N11O14/c1-10-23(8)35(54-38(63)26(14-15-31(57)58)49-40(65)29(19-32(59)60)47-24(9)55)43(68)53-34(22(6)7)42(67)51-28(18-30(45)56)39(64)48-25(13-11-12-16-44)37(62)52-33(21(4)5)41(66)50-27(36(46)61)17-20(2)3/h20-23,25-29,33-35H,10-19,44H2,1-9H3,(H2,45,56)(H2,46,61)(H,47,55)(H,48,64)(H,49,65)(H,50,66)(H,51,67)(H,52,62)(H,53,68)(H,54,63)(H,57,58)(H,59,60)/t23-,25-,26-,27-,28-,29-,33-,34-,35-/m0/s1. The number of primary amides is 2. The van der Waals surface area contributed by atoms with Gasteiger partial charge in [-0.25, -0.2) is 0 Å². The lowest BCUT2D eigenvalue weighted by atomic mass is 9.95. The van der Waals surface area contributed by atoms with E-state index < -0.39 is 163 Å². The van der Waals surface area contributed by atoms with E-state index in [2.05, 4.69) is 42.5 Å². The molecule has 0 aromatic heterocycles. The SMILES string of the molecule is CC[C@H](C)[C@H](NC(=O)[C@H](CCC(=O)O)NC(=O)[C@H](CC(=O)O)NC(C)=O)C(=O)N[C@H](C(=O)N[C@@H](CC(N)=O)C(=O)N[C@@H](CCCCN)C(=O)N[C@H](C(=O)N[C@@H](CC(C)C)C(N)=O)C(C)C)C(C)C. The predicted molar refractivity (Wildman–Crippen MR) is 245 cm³/mol. The number of carbonyl (C=O) groups is 12. The molecule has 25 nitrogen and oxygen atoms in total. The normalized spacial score (nSPS) is 15.1. The van der Waals surface area contributed by atoms with E-state index in [-0.39, 0.29) is 31.7 Å². The Morgan fingerprint density at radius 3 is 1.29 bits per heavy atom. The van der Waals surface area contributed by atoms with E-state index in [1.54, 1.807) is 27.7 Å². The van der Waals surface area contributed by atoms with Crippen LogP contribution in [0.2, 0.25) is 0 Å². The first kappa shape index (κ1) is 61.6. The van der Waals surface area contributed by atoms with Gasteiger partial charge in [0.2, 0.25) is 59.1 Å². The van der Waals surface area contributed by atoms with Crippen molar-refractivity contribution >= 4 is 71.0 Å². The molecule has 0 unspecified atom stereocenters. The number of amides is 10. The second kappa shape index (κ2) is 30.8. The van der Waals surface area contributed by atoms with Crippen molar-refractivity contribution in [2.24, 2.45) is 40.9 Å². The maximum absolute atomic E-state index is 14.0. The van der Waals surface area contributed by atoms with Gasteiger partial charge in [0, 0.05) is 13.3 Å². The summed E-state index contributed by atoms with van der Waals surface area (Å²) in [7, 11) is 0. The molecule has 0 aliphatic carbocycles. The van der Waals surface area contributed by atoms with Crippen LogP contribution in [0.5, 0.6) is 0 Å².